The lowest BCUT2D eigenvalue weighted by atomic mass is 9.96. The van der Waals surface area contributed by atoms with Crippen molar-refractivity contribution in [2.45, 2.75) is 52.6 Å². The lowest BCUT2D eigenvalue weighted by molar-refractivity contribution is -0.0494. The molecule has 0 aliphatic carbocycles. The van der Waals surface area contributed by atoms with Crippen molar-refractivity contribution in [3.63, 3.8) is 0 Å². The highest BCUT2D eigenvalue weighted by Gasteiger charge is 2.19. The highest BCUT2D eigenvalue weighted by atomic mass is 19.3. The minimum atomic E-state index is -3.02. The lowest BCUT2D eigenvalue weighted by Gasteiger charge is -2.15. The highest BCUT2D eigenvalue weighted by Crippen LogP contribution is 2.39. The third kappa shape index (κ3) is 4.49. The maximum atomic E-state index is 15.4. The number of unbranched alkanes of at least 4 members (excludes halogenated alkanes) is 2. The molecule has 0 heterocycles. The van der Waals surface area contributed by atoms with Crippen molar-refractivity contribution in [2.75, 3.05) is 0 Å². The number of rotatable bonds is 8. The van der Waals surface area contributed by atoms with E-state index in [-0.39, 0.29) is 11.3 Å². The minimum absolute atomic E-state index is 0.0780. The maximum absolute atomic E-state index is 15.4. The Bertz CT molecular complexity index is 933. The van der Waals surface area contributed by atoms with Gasteiger partial charge in [0.15, 0.2) is 0 Å². The molecule has 0 unspecified atom stereocenters. The van der Waals surface area contributed by atoms with Crippen LogP contribution >= 0.6 is 0 Å². The van der Waals surface area contributed by atoms with E-state index in [0.29, 0.717) is 16.3 Å². The average Bonchev–Trinajstić information content (AvgIpc) is 2.68. The zero-order valence-corrected chi connectivity index (χ0v) is 16.3. The van der Waals surface area contributed by atoms with Crippen molar-refractivity contribution in [2.24, 2.45) is 0 Å². The summed E-state index contributed by atoms with van der Waals surface area (Å²) in [5.74, 6) is -0.660. The van der Waals surface area contributed by atoms with Crippen molar-refractivity contribution in [1.29, 1.82) is 0 Å². The van der Waals surface area contributed by atoms with Crippen molar-refractivity contribution in [3.8, 4) is 16.9 Å². The quantitative estimate of drug-likeness (QED) is 0.363. The molecule has 1 nitrogen and oxygen atoms in total. The summed E-state index contributed by atoms with van der Waals surface area (Å²) < 4.78 is 46.1. The van der Waals surface area contributed by atoms with Crippen LogP contribution in [0.5, 0.6) is 5.75 Å². The van der Waals surface area contributed by atoms with Crippen molar-refractivity contribution in [3.05, 3.63) is 65.5 Å². The number of alkyl halides is 2. The van der Waals surface area contributed by atoms with Crippen LogP contribution in [0, 0.1) is 5.82 Å². The SMILES string of the molecule is CCCCCc1ccc2c(F)c(-c3ccc(CC)cc3)c(OC(F)F)cc2c1. The van der Waals surface area contributed by atoms with E-state index < -0.39 is 12.4 Å². The van der Waals surface area contributed by atoms with E-state index in [1.807, 2.05) is 31.2 Å². The fourth-order valence-corrected chi connectivity index (χ4v) is 3.49. The molecular weight excluding hydrogens is 361 g/mol. The van der Waals surface area contributed by atoms with E-state index >= 15 is 4.39 Å². The van der Waals surface area contributed by atoms with Gasteiger partial charge in [0.1, 0.15) is 11.6 Å². The number of hydrogen-bond acceptors (Lipinski definition) is 1. The molecule has 3 aromatic rings. The van der Waals surface area contributed by atoms with Crippen LogP contribution in [0.2, 0.25) is 0 Å². The van der Waals surface area contributed by atoms with Crippen LogP contribution in [0.15, 0.2) is 48.5 Å². The number of benzene rings is 3. The van der Waals surface area contributed by atoms with Crippen LogP contribution in [0.1, 0.15) is 44.2 Å². The summed E-state index contributed by atoms with van der Waals surface area (Å²) in [6, 6.07) is 14.3. The summed E-state index contributed by atoms with van der Waals surface area (Å²) in [7, 11) is 0. The number of halogens is 3. The highest BCUT2D eigenvalue weighted by molar-refractivity contribution is 5.92. The van der Waals surface area contributed by atoms with Gasteiger partial charge in [-0.2, -0.15) is 8.78 Å². The minimum Gasteiger partial charge on any atom is -0.434 e. The fraction of sp³-hybridized carbons (Fsp3) is 0.333. The van der Waals surface area contributed by atoms with E-state index in [0.717, 1.165) is 43.2 Å². The molecule has 148 valence electrons. The smallest absolute Gasteiger partial charge is 0.387 e. The van der Waals surface area contributed by atoms with Gasteiger partial charge in [-0.25, -0.2) is 4.39 Å². The zero-order chi connectivity index (χ0) is 20.1. The Balaban J connectivity index is 2.10. The first-order valence-corrected chi connectivity index (χ1v) is 9.82. The van der Waals surface area contributed by atoms with E-state index in [1.165, 1.54) is 6.07 Å². The van der Waals surface area contributed by atoms with Crippen LogP contribution in [0.25, 0.3) is 21.9 Å². The second-order valence-electron chi connectivity index (χ2n) is 7.01. The Hall–Kier alpha value is -2.49. The van der Waals surface area contributed by atoms with Gasteiger partial charge < -0.3 is 4.74 Å². The largest absolute Gasteiger partial charge is 0.434 e. The molecule has 0 aromatic heterocycles. The Morgan fingerprint density at radius 1 is 0.893 bits per heavy atom. The van der Waals surface area contributed by atoms with Gasteiger partial charge in [0, 0.05) is 5.39 Å². The Kier molecular flexibility index (Phi) is 6.61. The fourth-order valence-electron chi connectivity index (χ4n) is 3.49. The molecule has 0 saturated heterocycles. The van der Waals surface area contributed by atoms with Gasteiger partial charge >= 0.3 is 6.61 Å². The molecule has 0 saturated carbocycles. The van der Waals surface area contributed by atoms with E-state index in [9.17, 15) is 8.78 Å². The van der Waals surface area contributed by atoms with E-state index in [4.69, 9.17) is 4.74 Å². The van der Waals surface area contributed by atoms with Crippen LogP contribution in [0.3, 0.4) is 0 Å². The Morgan fingerprint density at radius 3 is 2.25 bits per heavy atom. The second kappa shape index (κ2) is 9.13. The van der Waals surface area contributed by atoms with E-state index in [2.05, 4.69) is 6.92 Å². The first-order valence-electron chi connectivity index (χ1n) is 9.82. The number of ether oxygens (including phenoxy) is 1. The first-order chi connectivity index (χ1) is 13.5. The van der Waals surface area contributed by atoms with Crippen molar-refractivity contribution in [1.82, 2.24) is 0 Å². The Morgan fingerprint density at radius 2 is 1.61 bits per heavy atom. The molecule has 0 amide bonds. The average molecular weight is 386 g/mol. The summed E-state index contributed by atoms with van der Waals surface area (Å²) in [6.07, 6.45) is 5.03. The van der Waals surface area contributed by atoms with Gasteiger partial charge in [0.2, 0.25) is 0 Å². The predicted molar refractivity (Wildman–Crippen MR) is 109 cm³/mol. The summed E-state index contributed by atoms with van der Waals surface area (Å²) in [4.78, 5) is 0. The topological polar surface area (TPSA) is 9.23 Å². The van der Waals surface area contributed by atoms with Crippen LogP contribution in [-0.2, 0) is 12.8 Å². The molecule has 0 atom stereocenters. The summed E-state index contributed by atoms with van der Waals surface area (Å²) in [5.41, 5.74) is 2.77. The monoisotopic (exact) mass is 386 g/mol. The van der Waals surface area contributed by atoms with E-state index in [1.54, 1.807) is 18.2 Å². The van der Waals surface area contributed by atoms with Crippen LogP contribution in [0.4, 0.5) is 13.2 Å². The summed E-state index contributed by atoms with van der Waals surface area (Å²) in [5, 5.41) is 0.992. The van der Waals surface area contributed by atoms with Crippen LogP contribution < -0.4 is 4.74 Å². The third-order valence-electron chi connectivity index (χ3n) is 5.04. The van der Waals surface area contributed by atoms with Gasteiger partial charge in [-0.05, 0) is 47.4 Å². The molecule has 0 spiro atoms. The molecule has 0 bridgehead atoms. The molecular formula is C24H25F3O. The molecule has 3 rings (SSSR count). The lowest BCUT2D eigenvalue weighted by Crippen LogP contribution is -2.05. The molecule has 3 aromatic carbocycles. The van der Waals surface area contributed by atoms with Gasteiger partial charge in [0.05, 0.1) is 5.56 Å². The number of fused-ring (bicyclic) bond motifs is 1. The normalized spacial score (nSPS) is 11.4. The van der Waals surface area contributed by atoms with Gasteiger partial charge in [-0.3, -0.25) is 0 Å². The standard InChI is InChI=1S/C24H25F3O/c1-3-5-6-7-17-10-13-20-19(14-17)15-21(28-24(26)27)22(23(20)25)18-11-8-16(4-2)9-12-18/h8-15,24H,3-7H2,1-2H3. The molecule has 0 aliphatic heterocycles. The van der Waals surface area contributed by atoms with Gasteiger partial charge in [-0.1, -0.05) is 69.2 Å². The zero-order valence-electron chi connectivity index (χ0n) is 16.3. The molecule has 0 N–H and O–H groups in total. The summed E-state index contributed by atoms with van der Waals surface area (Å²) in [6.45, 7) is 1.14. The van der Waals surface area contributed by atoms with Gasteiger partial charge in [-0.15, -0.1) is 0 Å². The predicted octanol–water partition coefficient (Wildman–Crippen LogP) is 7.54. The Labute approximate surface area is 164 Å². The summed E-state index contributed by atoms with van der Waals surface area (Å²) >= 11 is 0. The number of hydrogen-bond donors (Lipinski definition) is 0. The number of aryl methyl sites for hydroxylation is 2. The molecule has 28 heavy (non-hydrogen) atoms. The molecule has 0 fully saturated rings. The van der Waals surface area contributed by atoms with Crippen molar-refractivity contribution >= 4 is 10.8 Å². The second-order valence-corrected chi connectivity index (χ2v) is 7.01. The van der Waals surface area contributed by atoms with Crippen molar-refractivity contribution < 1.29 is 17.9 Å². The maximum Gasteiger partial charge on any atom is 0.387 e. The van der Waals surface area contributed by atoms with Crippen LogP contribution in [-0.4, -0.2) is 6.61 Å². The first kappa shape index (κ1) is 20.2. The van der Waals surface area contributed by atoms with Gasteiger partial charge in [0.25, 0.3) is 0 Å². The third-order valence-corrected chi connectivity index (χ3v) is 5.04. The molecule has 4 heteroatoms. The molecule has 0 radical (unpaired) electrons. The molecule has 0 aliphatic rings.